The summed E-state index contributed by atoms with van der Waals surface area (Å²) in [4.78, 5) is 11.3. The van der Waals surface area contributed by atoms with E-state index in [2.05, 4.69) is 0 Å². The molecule has 1 saturated heterocycles. The van der Waals surface area contributed by atoms with Crippen LogP contribution in [-0.2, 0) is 26.0 Å². The zero-order chi connectivity index (χ0) is 21.2. The standard InChI is InChI=1S/C20H21FO7S/c1-13-10-15(21)3-2-14(13)11-28-16-4-6-17(7-5-16)29(25,26)18-8-9-27-12-20(18,24)19(22)23/h2-7,10,18,24H,8-9,11-12H2,1H3,(H,22,23). The Balaban J connectivity index is 1.77. The van der Waals surface area contributed by atoms with E-state index in [0.29, 0.717) is 5.75 Å². The van der Waals surface area contributed by atoms with E-state index in [-0.39, 0.29) is 30.3 Å². The average Bonchev–Trinajstić information content (AvgIpc) is 2.68. The van der Waals surface area contributed by atoms with Crippen LogP contribution in [0.3, 0.4) is 0 Å². The highest BCUT2D eigenvalue weighted by Gasteiger charge is 2.53. The van der Waals surface area contributed by atoms with Gasteiger partial charge in [-0.2, -0.15) is 0 Å². The first kappa shape index (κ1) is 21.2. The summed E-state index contributed by atoms with van der Waals surface area (Å²) < 4.78 is 49.6. The molecule has 0 amide bonds. The first-order valence-corrected chi connectivity index (χ1v) is 10.4. The smallest absolute Gasteiger partial charge is 0.339 e. The fourth-order valence-corrected chi connectivity index (χ4v) is 5.17. The number of carboxylic acids is 1. The monoisotopic (exact) mass is 424 g/mol. The van der Waals surface area contributed by atoms with E-state index >= 15 is 0 Å². The molecule has 3 rings (SSSR count). The predicted octanol–water partition coefficient (Wildman–Crippen LogP) is 2.09. The number of rotatable bonds is 6. The maximum absolute atomic E-state index is 13.2. The molecule has 2 aromatic rings. The highest BCUT2D eigenvalue weighted by molar-refractivity contribution is 7.92. The van der Waals surface area contributed by atoms with Gasteiger partial charge in [-0.3, -0.25) is 0 Å². The van der Waals surface area contributed by atoms with Crippen molar-refractivity contribution in [3.63, 3.8) is 0 Å². The molecular weight excluding hydrogens is 403 g/mol. The molecule has 156 valence electrons. The van der Waals surface area contributed by atoms with E-state index in [1.165, 1.54) is 36.4 Å². The number of hydrogen-bond acceptors (Lipinski definition) is 6. The Morgan fingerprint density at radius 1 is 1.28 bits per heavy atom. The summed E-state index contributed by atoms with van der Waals surface area (Å²) >= 11 is 0. The van der Waals surface area contributed by atoms with Crippen molar-refractivity contribution in [3.05, 3.63) is 59.4 Å². The molecule has 2 aromatic carbocycles. The third-order valence-electron chi connectivity index (χ3n) is 4.98. The van der Waals surface area contributed by atoms with Crippen LogP contribution in [0.25, 0.3) is 0 Å². The van der Waals surface area contributed by atoms with Crippen molar-refractivity contribution in [2.45, 2.75) is 35.7 Å². The summed E-state index contributed by atoms with van der Waals surface area (Å²) in [6, 6.07) is 9.85. The predicted molar refractivity (Wildman–Crippen MR) is 101 cm³/mol. The van der Waals surface area contributed by atoms with Gasteiger partial charge in [0, 0.05) is 6.61 Å². The SMILES string of the molecule is Cc1cc(F)ccc1COc1ccc(S(=O)(=O)C2CCOCC2(O)C(=O)O)cc1. The first-order chi connectivity index (χ1) is 13.6. The molecule has 1 aliphatic rings. The quantitative estimate of drug-likeness (QED) is 0.731. The summed E-state index contributed by atoms with van der Waals surface area (Å²) in [5, 5.41) is 18.1. The van der Waals surface area contributed by atoms with Crippen LogP contribution in [0.1, 0.15) is 17.5 Å². The van der Waals surface area contributed by atoms with Crippen LogP contribution in [0.5, 0.6) is 5.75 Å². The Labute approximate surface area is 167 Å². The fraction of sp³-hybridized carbons (Fsp3) is 0.350. The molecule has 0 aromatic heterocycles. The highest BCUT2D eigenvalue weighted by atomic mass is 32.2. The first-order valence-electron chi connectivity index (χ1n) is 8.90. The van der Waals surface area contributed by atoms with Gasteiger partial charge in [-0.25, -0.2) is 17.6 Å². The van der Waals surface area contributed by atoms with Gasteiger partial charge in [-0.05, 0) is 60.9 Å². The van der Waals surface area contributed by atoms with E-state index in [1.54, 1.807) is 13.0 Å². The van der Waals surface area contributed by atoms with Crippen LogP contribution >= 0.6 is 0 Å². The second-order valence-electron chi connectivity index (χ2n) is 6.94. The molecule has 2 N–H and O–H groups in total. The average molecular weight is 424 g/mol. The number of benzene rings is 2. The topological polar surface area (TPSA) is 110 Å². The third-order valence-corrected chi connectivity index (χ3v) is 7.28. The van der Waals surface area contributed by atoms with Crippen LogP contribution in [-0.4, -0.2) is 48.7 Å². The fourth-order valence-electron chi connectivity index (χ4n) is 3.23. The van der Waals surface area contributed by atoms with Gasteiger partial charge in [0.25, 0.3) is 0 Å². The minimum absolute atomic E-state index is 0.0394. The number of sulfone groups is 1. The van der Waals surface area contributed by atoms with Gasteiger partial charge in [0.2, 0.25) is 5.60 Å². The Hall–Kier alpha value is -2.49. The van der Waals surface area contributed by atoms with E-state index < -0.39 is 33.3 Å². The molecular formula is C20H21FO7S. The Bertz CT molecular complexity index is 1000. The number of aliphatic carboxylic acids is 1. The maximum Gasteiger partial charge on any atom is 0.339 e. The van der Waals surface area contributed by atoms with Crippen molar-refractivity contribution < 1.29 is 37.3 Å². The lowest BCUT2D eigenvalue weighted by Crippen LogP contribution is -2.59. The lowest BCUT2D eigenvalue weighted by atomic mass is 9.96. The van der Waals surface area contributed by atoms with E-state index in [9.17, 15) is 27.8 Å². The van der Waals surface area contributed by atoms with Gasteiger partial charge in [0.05, 0.1) is 11.5 Å². The normalized spacial score (nSPS) is 22.2. The van der Waals surface area contributed by atoms with Gasteiger partial charge >= 0.3 is 5.97 Å². The number of aliphatic hydroxyl groups is 1. The molecule has 0 aliphatic carbocycles. The minimum atomic E-state index is -4.12. The highest BCUT2D eigenvalue weighted by Crippen LogP contribution is 2.32. The van der Waals surface area contributed by atoms with E-state index in [0.717, 1.165) is 11.1 Å². The zero-order valence-corrected chi connectivity index (χ0v) is 16.5. The van der Waals surface area contributed by atoms with Crippen LogP contribution < -0.4 is 4.74 Å². The van der Waals surface area contributed by atoms with Gasteiger partial charge in [0.15, 0.2) is 9.84 Å². The molecule has 1 fully saturated rings. The number of hydrogen-bond donors (Lipinski definition) is 2. The van der Waals surface area contributed by atoms with Crippen molar-refractivity contribution in [3.8, 4) is 5.75 Å². The van der Waals surface area contributed by atoms with Crippen molar-refractivity contribution in [1.82, 2.24) is 0 Å². The van der Waals surface area contributed by atoms with Gasteiger partial charge < -0.3 is 19.7 Å². The second kappa shape index (κ2) is 8.10. The van der Waals surface area contributed by atoms with Crippen LogP contribution in [0.15, 0.2) is 47.4 Å². The van der Waals surface area contributed by atoms with Gasteiger partial charge in [-0.15, -0.1) is 0 Å². The number of aryl methyl sites for hydroxylation is 1. The van der Waals surface area contributed by atoms with Crippen molar-refractivity contribution in [2.75, 3.05) is 13.2 Å². The number of carbonyl (C=O) groups is 1. The number of carboxylic acid groups (broad SMARTS) is 1. The summed E-state index contributed by atoms with van der Waals surface area (Å²) in [7, 11) is -4.12. The second-order valence-corrected chi connectivity index (χ2v) is 9.07. The lowest BCUT2D eigenvalue weighted by molar-refractivity contribution is -0.171. The summed E-state index contributed by atoms with van der Waals surface area (Å²) in [5.41, 5.74) is -0.986. The van der Waals surface area contributed by atoms with Crippen LogP contribution in [0.4, 0.5) is 4.39 Å². The van der Waals surface area contributed by atoms with Crippen molar-refractivity contribution in [2.24, 2.45) is 0 Å². The Morgan fingerprint density at radius 3 is 2.59 bits per heavy atom. The Morgan fingerprint density at radius 2 is 1.97 bits per heavy atom. The van der Waals surface area contributed by atoms with Crippen LogP contribution in [0.2, 0.25) is 0 Å². The molecule has 1 heterocycles. The molecule has 0 saturated carbocycles. The molecule has 0 bridgehead atoms. The van der Waals surface area contributed by atoms with Crippen LogP contribution in [0, 0.1) is 12.7 Å². The molecule has 2 atom stereocenters. The number of ether oxygens (including phenoxy) is 2. The molecule has 0 radical (unpaired) electrons. The van der Waals surface area contributed by atoms with Crippen molar-refractivity contribution >= 4 is 15.8 Å². The molecule has 1 aliphatic heterocycles. The molecule has 9 heteroatoms. The lowest BCUT2D eigenvalue weighted by Gasteiger charge is -2.35. The molecule has 0 spiro atoms. The third kappa shape index (κ3) is 4.26. The zero-order valence-electron chi connectivity index (χ0n) is 15.7. The minimum Gasteiger partial charge on any atom is -0.489 e. The van der Waals surface area contributed by atoms with Gasteiger partial charge in [0.1, 0.15) is 23.4 Å². The summed E-state index contributed by atoms with van der Waals surface area (Å²) in [6.45, 7) is 1.38. The molecule has 2 unspecified atom stereocenters. The summed E-state index contributed by atoms with van der Waals surface area (Å²) in [5.74, 6) is -1.58. The summed E-state index contributed by atoms with van der Waals surface area (Å²) in [6.07, 6.45) is -0.132. The molecule has 29 heavy (non-hydrogen) atoms. The van der Waals surface area contributed by atoms with E-state index in [4.69, 9.17) is 9.47 Å². The van der Waals surface area contributed by atoms with E-state index in [1.807, 2.05) is 0 Å². The van der Waals surface area contributed by atoms with Gasteiger partial charge in [-0.1, -0.05) is 6.07 Å². The molecule has 7 nitrogen and oxygen atoms in total. The van der Waals surface area contributed by atoms with Crippen molar-refractivity contribution in [1.29, 1.82) is 0 Å². The maximum atomic E-state index is 13.2. The Kier molecular flexibility index (Phi) is 5.92. The largest absolute Gasteiger partial charge is 0.489 e. The number of halogens is 1.